The number of hydrogen-bond acceptors (Lipinski definition) is 4. The van der Waals surface area contributed by atoms with Gasteiger partial charge in [-0.05, 0) is 31.1 Å². The van der Waals surface area contributed by atoms with E-state index in [-0.39, 0.29) is 30.8 Å². The number of nitrogens with one attached hydrogen (secondary N) is 2. The molecule has 2 atom stereocenters. The first-order chi connectivity index (χ1) is 10.6. The number of furan rings is 1. The van der Waals surface area contributed by atoms with Crippen molar-refractivity contribution in [3.63, 3.8) is 0 Å². The van der Waals surface area contributed by atoms with Gasteiger partial charge in [0.1, 0.15) is 5.76 Å². The van der Waals surface area contributed by atoms with Crippen molar-refractivity contribution in [2.75, 3.05) is 6.54 Å². The van der Waals surface area contributed by atoms with Crippen LogP contribution in [0.25, 0.3) is 6.08 Å². The predicted octanol–water partition coefficient (Wildman–Crippen LogP) is 1.22. The van der Waals surface area contributed by atoms with E-state index < -0.39 is 6.10 Å². The highest BCUT2D eigenvalue weighted by Gasteiger charge is 2.24. The van der Waals surface area contributed by atoms with E-state index in [1.54, 1.807) is 18.2 Å². The molecule has 6 heteroatoms. The van der Waals surface area contributed by atoms with E-state index >= 15 is 0 Å². The molecular formula is C16H22N2O4. The molecule has 1 fully saturated rings. The minimum atomic E-state index is -0.455. The molecule has 0 spiro atoms. The van der Waals surface area contributed by atoms with Crippen molar-refractivity contribution in [1.29, 1.82) is 0 Å². The van der Waals surface area contributed by atoms with Gasteiger partial charge in [0, 0.05) is 19.0 Å². The summed E-state index contributed by atoms with van der Waals surface area (Å²) in [5.41, 5.74) is 0. The second-order valence-electron chi connectivity index (χ2n) is 5.42. The van der Waals surface area contributed by atoms with Crippen molar-refractivity contribution >= 4 is 17.9 Å². The minimum Gasteiger partial charge on any atom is -0.465 e. The summed E-state index contributed by atoms with van der Waals surface area (Å²) >= 11 is 0. The molecule has 1 aliphatic carbocycles. The summed E-state index contributed by atoms with van der Waals surface area (Å²) in [5, 5.41) is 15.2. The van der Waals surface area contributed by atoms with Crippen molar-refractivity contribution in [2.45, 2.75) is 44.2 Å². The third kappa shape index (κ3) is 5.37. The molecule has 1 aromatic heterocycles. The average molecular weight is 306 g/mol. The molecular weight excluding hydrogens is 284 g/mol. The Balaban J connectivity index is 1.63. The van der Waals surface area contributed by atoms with Crippen molar-refractivity contribution in [3.05, 3.63) is 30.2 Å². The van der Waals surface area contributed by atoms with Gasteiger partial charge in [0.15, 0.2) is 0 Å². The van der Waals surface area contributed by atoms with Crippen LogP contribution in [-0.4, -0.2) is 35.6 Å². The average Bonchev–Trinajstić information content (AvgIpc) is 3.01. The van der Waals surface area contributed by atoms with Gasteiger partial charge in [-0.25, -0.2) is 0 Å². The number of rotatable bonds is 6. The molecule has 1 aliphatic rings. The molecule has 2 rings (SSSR count). The van der Waals surface area contributed by atoms with Crippen LogP contribution >= 0.6 is 0 Å². The van der Waals surface area contributed by atoms with Crippen LogP contribution < -0.4 is 10.6 Å². The molecule has 1 saturated carbocycles. The SMILES string of the molecule is O=C(/C=C/c1ccco1)NCCC(=O)NC1CCCCC1O. The summed E-state index contributed by atoms with van der Waals surface area (Å²) in [6.07, 6.45) is 7.77. The minimum absolute atomic E-state index is 0.152. The van der Waals surface area contributed by atoms with Gasteiger partial charge in [-0.3, -0.25) is 9.59 Å². The summed E-state index contributed by atoms with van der Waals surface area (Å²) in [7, 11) is 0. The van der Waals surface area contributed by atoms with Gasteiger partial charge >= 0.3 is 0 Å². The van der Waals surface area contributed by atoms with Crippen molar-refractivity contribution < 1.29 is 19.1 Å². The maximum absolute atomic E-state index is 11.8. The fraction of sp³-hybridized carbons (Fsp3) is 0.500. The van der Waals surface area contributed by atoms with Crippen LogP contribution in [-0.2, 0) is 9.59 Å². The van der Waals surface area contributed by atoms with Crippen LogP contribution in [0.15, 0.2) is 28.9 Å². The Kier molecular flexibility index (Phi) is 6.21. The predicted molar refractivity (Wildman–Crippen MR) is 81.8 cm³/mol. The Morgan fingerprint density at radius 3 is 2.91 bits per heavy atom. The zero-order valence-corrected chi connectivity index (χ0v) is 12.5. The van der Waals surface area contributed by atoms with Crippen LogP contribution in [0, 0.1) is 0 Å². The molecule has 0 radical (unpaired) electrons. The summed E-state index contributed by atoms with van der Waals surface area (Å²) in [6.45, 7) is 0.260. The van der Waals surface area contributed by atoms with Gasteiger partial charge in [-0.2, -0.15) is 0 Å². The highest BCUT2D eigenvalue weighted by Crippen LogP contribution is 2.18. The topological polar surface area (TPSA) is 91.6 Å². The third-order valence-electron chi connectivity index (χ3n) is 3.67. The number of aliphatic hydroxyl groups is 1. The van der Waals surface area contributed by atoms with Gasteiger partial charge in [-0.15, -0.1) is 0 Å². The monoisotopic (exact) mass is 306 g/mol. The lowest BCUT2D eigenvalue weighted by Crippen LogP contribution is -2.45. The van der Waals surface area contributed by atoms with Gasteiger partial charge in [-0.1, -0.05) is 12.8 Å². The fourth-order valence-corrected chi connectivity index (χ4v) is 2.46. The van der Waals surface area contributed by atoms with E-state index in [4.69, 9.17) is 4.42 Å². The van der Waals surface area contributed by atoms with Crippen molar-refractivity contribution in [3.8, 4) is 0 Å². The van der Waals surface area contributed by atoms with Crippen molar-refractivity contribution in [2.24, 2.45) is 0 Å². The molecule has 120 valence electrons. The maximum atomic E-state index is 11.8. The number of aliphatic hydroxyl groups excluding tert-OH is 1. The Labute approximate surface area is 129 Å². The summed E-state index contributed by atoms with van der Waals surface area (Å²) in [4.78, 5) is 23.3. The fourth-order valence-electron chi connectivity index (χ4n) is 2.46. The van der Waals surface area contributed by atoms with Gasteiger partial charge < -0.3 is 20.2 Å². The molecule has 2 amide bonds. The maximum Gasteiger partial charge on any atom is 0.244 e. The molecule has 0 bridgehead atoms. The molecule has 0 aromatic carbocycles. The Hall–Kier alpha value is -2.08. The van der Waals surface area contributed by atoms with Crippen LogP contribution in [0.2, 0.25) is 0 Å². The quantitative estimate of drug-likeness (QED) is 0.689. The summed E-state index contributed by atoms with van der Waals surface area (Å²) < 4.78 is 5.07. The standard InChI is InChI=1S/C16H22N2O4/c19-14-6-2-1-5-13(14)18-16(21)9-10-17-15(20)8-7-12-4-3-11-22-12/h3-4,7-8,11,13-14,19H,1-2,5-6,9-10H2,(H,17,20)(H,18,21)/b8-7+. The second kappa shape index (κ2) is 8.38. The smallest absolute Gasteiger partial charge is 0.244 e. The largest absolute Gasteiger partial charge is 0.465 e. The van der Waals surface area contributed by atoms with Gasteiger partial charge in [0.05, 0.1) is 18.4 Å². The molecule has 1 aromatic rings. The lowest BCUT2D eigenvalue weighted by Gasteiger charge is -2.28. The number of carbonyl (C=O) groups excluding carboxylic acids is 2. The molecule has 1 heterocycles. The lowest BCUT2D eigenvalue weighted by molar-refractivity contribution is -0.123. The first-order valence-electron chi connectivity index (χ1n) is 7.62. The summed E-state index contributed by atoms with van der Waals surface area (Å²) in [6, 6.07) is 3.32. The Morgan fingerprint density at radius 1 is 1.36 bits per heavy atom. The van der Waals surface area contributed by atoms with Crippen LogP contribution in [0.3, 0.4) is 0 Å². The zero-order chi connectivity index (χ0) is 15.8. The summed E-state index contributed by atoms with van der Waals surface area (Å²) in [5.74, 6) is 0.169. The number of carbonyl (C=O) groups is 2. The highest BCUT2D eigenvalue weighted by molar-refractivity contribution is 5.91. The lowest BCUT2D eigenvalue weighted by atomic mass is 9.92. The van der Waals surface area contributed by atoms with E-state index in [0.29, 0.717) is 5.76 Å². The molecule has 0 aliphatic heterocycles. The molecule has 2 unspecified atom stereocenters. The van der Waals surface area contributed by atoms with E-state index in [1.807, 2.05) is 0 Å². The number of amides is 2. The van der Waals surface area contributed by atoms with Crippen molar-refractivity contribution in [1.82, 2.24) is 10.6 Å². The van der Waals surface area contributed by atoms with E-state index in [2.05, 4.69) is 10.6 Å². The van der Waals surface area contributed by atoms with Gasteiger partial charge in [0.2, 0.25) is 11.8 Å². The van der Waals surface area contributed by atoms with Gasteiger partial charge in [0.25, 0.3) is 0 Å². The second-order valence-corrected chi connectivity index (χ2v) is 5.42. The first-order valence-corrected chi connectivity index (χ1v) is 7.62. The molecule has 6 nitrogen and oxygen atoms in total. The first kappa shape index (κ1) is 16.3. The van der Waals surface area contributed by atoms with E-state index in [9.17, 15) is 14.7 Å². The third-order valence-corrected chi connectivity index (χ3v) is 3.67. The zero-order valence-electron chi connectivity index (χ0n) is 12.5. The van der Waals surface area contributed by atoms with E-state index in [0.717, 1.165) is 25.7 Å². The molecule has 0 saturated heterocycles. The van der Waals surface area contributed by atoms with Crippen LogP contribution in [0.1, 0.15) is 37.9 Å². The van der Waals surface area contributed by atoms with Crippen LogP contribution in [0.5, 0.6) is 0 Å². The Morgan fingerprint density at radius 2 is 2.18 bits per heavy atom. The highest BCUT2D eigenvalue weighted by atomic mass is 16.3. The number of hydrogen-bond donors (Lipinski definition) is 3. The Bertz CT molecular complexity index is 510. The normalized spacial score (nSPS) is 21.7. The molecule has 22 heavy (non-hydrogen) atoms. The molecule has 3 N–H and O–H groups in total. The van der Waals surface area contributed by atoms with E-state index in [1.165, 1.54) is 12.3 Å². The van der Waals surface area contributed by atoms with Crippen LogP contribution in [0.4, 0.5) is 0 Å².